The van der Waals surface area contributed by atoms with E-state index in [1.165, 1.54) is 11.8 Å². The normalized spacial score (nSPS) is 12.6. The van der Waals surface area contributed by atoms with Crippen LogP contribution in [0.5, 0.6) is 0 Å². The van der Waals surface area contributed by atoms with Gasteiger partial charge in [-0.25, -0.2) is 0 Å². The summed E-state index contributed by atoms with van der Waals surface area (Å²) in [6, 6.07) is 19.4. The number of hydrogen-bond donors (Lipinski definition) is 1. The monoisotopic (exact) mass is 610 g/mol. The molecular formula is C29H30Cl4N2O2S. The molecule has 0 radical (unpaired) electrons. The molecule has 202 valence electrons. The van der Waals surface area contributed by atoms with E-state index in [1.54, 1.807) is 41.3 Å². The topological polar surface area (TPSA) is 49.4 Å². The second-order valence-corrected chi connectivity index (χ2v) is 11.6. The predicted molar refractivity (Wildman–Crippen MR) is 161 cm³/mol. The summed E-state index contributed by atoms with van der Waals surface area (Å²) in [5, 5.41) is 5.03. The highest BCUT2D eigenvalue weighted by atomic mass is 35.5. The Labute approximate surface area is 249 Å². The van der Waals surface area contributed by atoms with Crippen LogP contribution < -0.4 is 5.32 Å². The molecule has 0 aromatic heterocycles. The zero-order valence-corrected chi connectivity index (χ0v) is 25.1. The summed E-state index contributed by atoms with van der Waals surface area (Å²) in [7, 11) is 0. The van der Waals surface area contributed by atoms with Crippen LogP contribution in [0.4, 0.5) is 0 Å². The van der Waals surface area contributed by atoms with Gasteiger partial charge in [0, 0.05) is 50.4 Å². The molecule has 0 fully saturated rings. The molecular weight excluding hydrogens is 582 g/mol. The van der Waals surface area contributed by atoms with E-state index in [1.807, 2.05) is 44.2 Å². The molecule has 38 heavy (non-hydrogen) atoms. The number of nitrogens with one attached hydrogen (secondary N) is 1. The maximum atomic E-state index is 13.8. The van der Waals surface area contributed by atoms with Gasteiger partial charge in [-0.1, -0.05) is 95.8 Å². The zero-order chi connectivity index (χ0) is 27.7. The minimum Gasteiger partial charge on any atom is -0.352 e. The van der Waals surface area contributed by atoms with Gasteiger partial charge in [-0.05, 0) is 48.7 Å². The molecule has 0 spiro atoms. The van der Waals surface area contributed by atoms with Crippen molar-refractivity contribution in [2.45, 2.75) is 51.1 Å². The molecule has 0 aliphatic carbocycles. The molecule has 0 aliphatic heterocycles. The number of hydrogen-bond acceptors (Lipinski definition) is 3. The molecule has 0 bridgehead atoms. The molecule has 0 saturated heterocycles. The highest BCUT2D eigenvalue weighted by Gasteiger charge is 2.31. The van der Waals surface area contributed by atoms with Crippen LogP contribution in [-0.2, 0) is 28.3 Å². The van der Waals surface area contributed by atoms with Gasteiger partial charge in [0.15, 0.2) is 0 Å². The van der Waals surface area contributed by atoms with Gasteiger partial charge in [0.05, 0.1) is 5.75 Å². The first kappa shape index (κ1) is 30.6. The van der Waals surface area contributed by atoms with Crippen LogP contribution in [0.25, 0.3) is 0 Å². The van der Waals surface area contributed by atoms with Crippen molar-refractivity contribution in [3.63, 3.8) is 0 Å². The Kier molecular flexibility index (Phi) is 12.1. The number of benzene rings is 3. The maximum absolute atomic E-state index is 13.8. The molecule has 2 amide bonds. The number of amides is 2. The van der Waals surface area contributed by atoms with Crippen LogP contribution in [0, 0.1) is 0 Å². The minimum atomic E-state index is -0.768. The lowest BCUT2D eigenvalue weighted by molar-refractivity contribution is -0.139. The first-order chi connectivity index (χ1) is 18.2. The fraction of sp³-hybridized carbons (Fsp3) is 0.310. The summed E-state index contributed by atoms with van der Waals surface area (Å²) in [4.78, 5) is 29.0. The molecule has 3 aromatic rings. The summed E-state index contributed by atoms with van der Waals surface area (Å²) >= 11 is 27.0. The predicted octanol–water partition coefficient (Wildman–Crippen LogP) is 8.09. The van der Waals surface area contributed by atoms with E-state index in [9.17, 15) is 9.59 Å². The Morgan fingerprint density at radius 2 is 1.39 bits per heavy atom. The average Bonchev–Trinajstić information content (AvgIpc) is 2.89. The summed E-state index contributed by atoms with van der Waals surface area (Å²) in [6.07, 6.45) is 1.11. The maximum Gasteiger partial charge on any atom is 0.243 e. The first-order valence-electron chi connectivity index (χ1n) is 12.3. The molecule has 4 nitrogen and oxygen atoms in total. The molecule has 3 aromatic carbocycles. The molecule has 0 unspecified atom stereocenters. The highest BCUT2D eigenvalue weighted by Crippen LogP contribution is 2.30. The van der Waals surface area contributed by atoms with Crippen molar-refractivity contribution >= 4 is 70.0 Å². The van der Waals surface area contributed by atoms with E-state index in [2.05, 4.69) is 5.32 Å². The Hall–Kier alpha value is -1.89. The molecule has 0 aliphatic rings. The van der Waals surface area contributed by atoms with Crippen molar-refractivity contribution in [3.05, 3.63) is 104 Å². The van der Waals surface area contributed by atoms with Crippen molar-refractivity contribution in [1.82, 2.24) is 10.2 Å². The third-order valence-electron chi connectivity index (χ3n) is 6.20. The number of thioether (sulfide) groups is 1. The Morgan fingerprint density at radius 1 is 0.842 bits per heavy atom. The van der Waals surface area contributed by atoms with Gasteiger partial charge >= 0.3 is 0 Å². The fourth-order valence-electron chi connectivity index (χ4n) is 3.84. The summed E-state index contributed by atoms with van der Waals surface area (Å²) in [5.41, 5.74) is 2.30. The van der Waals surface area contributed by atoms with E-state index in [0.29, 0.717) is 37.8 Å². The van der Waals surface area contributed by atoms with E-state index in [4.69, 9.17) is 46.4 Å². The molecule has 0 heterocycles. The van der Waals surface area contributed by atoms with Gasteiger partial charge in [0.1, 0.15) is 6.04 Å². The number of rotatable bonds is 12. The van der Waals surface area contributed by atoms with E-state index in [-0.39, 0.29) is 30.2 Å². The number of carbonyl (C=O) groups is 2. The lowest BCUT2D eigenvalue weighted by atomic mass is 10.0. The fourth-order valence-corrected chi connectivity index (χ4v) is 6.01. The highest BCUT2D eigenvalue weighted by molar-refractivity contribution is 7.99. The average molecular weight is 612 g/mol. The first-order valence-corrected chi connectivity index (χ1v) is 14.9. The number of nitrogens with zero attached hydrogens (tertiary/aromatic N) is 1. The second kappa shape index (κ2) is 15.0. The van der Waals surface area contributed by atoms with Crippen molar-refractivity contribution in [2.24, 2.45) is 0 Å². The van der Waals surface area contributed by atoms with E-state index < -0.39 is 6.04 Å². The second-order valence-electron chi connectivity index (χ2n) is 8.94. The lowest BCUT2D eigenvalue weighted by Gasteiger charge is -2.32. The molecule has 1 N–H and O–H groups in total. The van der Waals surface area contributed by atoms with Crippen molar-refractivity contribution in [2.75, 3.05) is 5.75 Å². The van der Waals surface area contributed by atoms with Gasteiger partial charge < -0.3 is 10.2 Å². The molecule has 2 atom stereocenters. The number of halogens is 4. The third-order valence-corrected chi connectivity index (χ3v) is 8.56. The minimum absolute atomic E-state index is 0.0432. The van der Waals surface area contributed by atoms with Crippen LogP contribution in [0.15, 0.2) is 66.7 Å². The standard InChI is InChI=1S/C29H30Cl4N2O2S/c1-3-19(2)34-29(37)27(15-20-9-5-4-6-10-20)35(16-21-23(30)11-7-12-24(21)31)28(36)18-38-17-22-25(32)13-8-14-26(22)33/h4-14,19,27H,3,15-18H2,1-2H3,(H,34,37)/t19-,27-/m0/s1. The zero-order valence-electron chi connectivity index (χ0n) is 21.2. The van der Waals surface area contributed by atoms with Crippen LogP contribution in [-0.4, -0.2) is 34.6 Å². The van der Waals surface area contributed by atoms with Crippen molar-refractivity contribution in [1.29, 1.82) is 0 Å². The smallest absolute Gasteiger partial charge is 0.243 e. The van der Waals surface area contributed by atoms with Crippen LogP contribution >= 0.6 is 58.2 Å². The quantitative estimate of drug-likeness (QED) is 0.225. The van der Waals surface area contributed by atoms with Crippen LogP contribution in [0.1, 0.15) is 37.0 Å². The van der Waals surface area contributed by atoms with E-state index in [0.717, 1.165) is 17.5 Å². The van der Waals surface area contributed by atoms with Crippen molar-refractivity contribution < 1.29 is 9.59 Å². The summed E-state index contributed by atoms with van der Waals surface area (Å²) < 4.78 is 0. The van der Waals surface area contributed by atoms with Gasteiger partial charge in [-0.3, -0.25) is 9.59 Å². The van der Waals surface area contributed by atoms with Gasteiger partial charge in [0.25, 0.3) is 0 Å². The van der Waals surface area contributed by atoms with Crippen LogP contribution in [0.2, 0.25) is 20.1 Å². The van der Waals surface area contributed by atoms with Crippen LogP contribution in [0.3, 0.4) is 0 Å². The van der Waals surface area contributed by atoms with Gasteiger partial charge in [-0.2, -0.15) is 0 Å². The largest absolute Gasteiger partial charge is 0.352 e. The summed E-state index contributed by atoms with van der Waals surface area (Å²) in [6.45, 7) is 4.04. The van der Waals surface area contributed by atoms with Crippen molar-refractivity contribution in [3.8, 4) is 0 Å². The Balaban J connectivity index is 1.92. The van der Waals surface area contributed by atoms with E-state index >= 15 is 0 Å². The SMILES string of the molecule is CC[C@H](C)NC(=O)[C@H](Cc1ccccc1)N(Cc1c(Cl)cccc1Cl)C(=O)CSCc1c(Cl)cccc1Cl. The Morgan fingerprint density at radius 3 is 1.95 bits per heavy atom. The molecule has 9 heteroatoms. The lowest BCUT2D eigenvalue weighted by Crippen LogP contribution is -2.52. The third kappa shape index (κ3) is 8.56. The molecule has 0 saturated carbocycles. The van der Waals surface area contributed by atoms with Gasteiger partial charge in [0.2, 0.25) is 11.8 Å². The molecule has 3 rings (SSSR count). The number of carbonyl (C=O) groups excluding carboxylic acids is 2. The summed E-state index contributed by atoms with van der Waals surface area (Å²) in [5.74, 6) is 0.132. The Bertz CT molecular complexity index is 1200. The van der Waals surface area contributed by atoms with Gasteiger partial charge in [-0.15, -0.1) is 11.8 Å².